The van der Waals surface area contributed by atoms with E-state index in [4.69, 9.17) is 9.84 Å². The Morgan fingerprint density at radius 2 is 2.33 bits per heavy atom. The molecule has 3 heteroatoms. The molecule has 0 saturated carbocycles. The molecule has 1 rings (SSSR count). The fourth-order valence-electron chi connectivity index (χ4n) is 1.000. The van der Waals surface area contributed by atoms with Crippen LogP contribution in [0.2, 0.25) is 0 Å². The number of aliphatic hydroxyl groups is 2. The molecule has 0 bridgehead atoms. The zero-order valence-electron chi connectivity index (χ0n) is 5.45. The highest BCUT2D eigenvalue weighted by Crippen LogP contribution is 2.18. The Balaban J connectivity index is 2.41. The first-order chi connectivity index (χ1) is 4.25. The van der Waals surface area contributed by atoms with Crippen molar-refractivity contribution in [2.75, 3.05) is 13.2 Å². The van der Waals surface area contributed by atoms with Crippen molar-refractivity contribution in [2.24, 2.45) is 5.92 Å². The summed E-state index contributed by atoms with van der Waals surface area (Å²) in [5, 5.41) is 17.7. The van der Waals surface area contributed by atoms with Crippen molar-refractivity contribution in [1.29, 1.82) is 0 Å². The molecule has 0 radical (unpaired) electrons. The van der Waals surface area contributed by atoms with E-state index < -0.39 is 6.10 Å². The summed E-state index contributed by atoms with van der Waals surface area (Å²) >= 11 is 0. The molecule has 0 spiro atoms. The van der Waals surface area contributed by atoms with Gasteiger partial charge < -0.3 is 14.9 Å². The highest BCUT2D eigenvalue weighted by molar-refractivity contribution is 4.79. The summed E-state index contributed by atoms with van der Waals surface area (Å²) in [5.41, 5.74) is 0. The normalized spacial score (nSPS) is 43.7. The van der Waals surface area contributed by atoms with E-state index in [1.807, 2.05) is 6.92 Å². The van der Waals surface area contributed by atoms with Gasteiger partial charge >= 0.3 is 0 Å². The van der Waals surface area contributed by atoms with E-state index in [0.717, 1.165) is 0 Å². The minimum Gasteiger partial charge on any atom is -0.394 e. The van der Waals surface area contributed by atoms with Crippen molar-refractivity contribution >= 4 is 0 Å². The first-order valence-electron chi connectivity index (χ1n) is 3.16. The molecule has 3 nitrogen and oxygen atoms in total. The van der Waals surface area contributed by atoms with E-state index in [9.17, 15) is 5.11 Å². The monoisotopic (exact) mass is 132 g/mol. The van der Waals surface area contributed by atoms with E-state index in [1.165, 1.54) is 0 Å². The summed E-state index contributed by atoms with van der Waals surface area (Å²) in [6, 6.07) is 0. The number of aliphatic hydroxyl groups excluding tert-OH is 2. The van der Waals surface area contributed by atoms with E-state index >= 15 is 0 Å². The molecule has 2 N–H and O–H groups in total. The van der Waals surface area contributed by atoms with Crippen LogP contribution in [0.4, 0.5) is 0 Å². The molecule has 1 aliphatic rings. The van der Waals surface area contributed by atoms with Gasteiger partial charge in [-0.15, -0.1) is 0 Å². The number of ether oxygens (including phenoxy) is 1. The van der Waals surface area contributed by atoms with Gasteiger partial charge in [0, 0.05) is 5.92 Å². The maximum absolute atomic E-state index is 9.17. The van der Waals surface area contributed by atoms with Gasteiger partial charge in [-0.2, -0.15) is 0 Å². The molecule has 0 amide bonds. The Morgan fingerprint density at radius 3 is 2.56 bits per heavy atom. The highest BCUT2D eigenvalue weighted by atomic mass is 16.5. The third kappa shape index (κ3) is 1.23. The van der Waals surface area contributed by atoms with Crippen LogP contribution in [0.5, 0.6) is 0 Å². The predicted molar refractivity (Wildman–Crippen MR) is 32.0 cm³/mol. The van der Waals surface area contributed by atoms with Crippen LogP contribution in [-0.2, 0) is 4.74 Å². The Morgan fingerprint density at radius 1 is 1.67 bits per heavy atom. The molecule has 1 saturated heterocycles. The second kappa shape index (κ2) is 2.64. The maximum Gasteiger partial charge on any atom is 0.107 e. The van der Waals surface area contributed by atoms with Crippen LogP contribution in [0, 0.1) is 5.92 Å². The Labute approximate surface area is 54.3 Å². The fraction of sp³-hybridized carbons (Fsp3) is 1.00. The molecule has 54 valence electrons. The molecular formula is C6H12O3. The van der Waals surface area contributed by atoms with Crippen LogP contribution >= 0.6 is 0 Å². The van der Waals surface area contributed by atoms with E-state index in [2.05, 4.69) is 0 Å². The van der Waals surface area contributed by atoms with Crippen LogP contribution in [0.25, 0.3) is 0 Å². The average Bonchev–Trinajstić information content (AvgIpc) is 2.15. The van der Waals surface area contributed by atoms with E-state index in [-0.39, 0.29) is 18.6 Å². The Hall–Kier alpha value is -0.120. The quantitative estimate of drug-likeness (QED) is 0.499. The molecule has 0 unspecified atom stereocenters. The van der Waals surface area contributed by atoms with Crippen LogP contribution in [0.15, 0.2) is 0 Å². The summed E-state index contributed by atoms with van der Waals surface area (Å²) in [4.78, 5) is 0. The van der Waals surface area contributed by atoms with Gasteiger partial charge in [0.2, 0.25) is 0 Å². The van der Waals surface area contributed by atoms with Crippen molar-refractivity contribution in [1.82, 2.24) is 0 Å². The second-order valence-corrected chi connectivity index (χ2v) is 2.52. The molecule has 9 heavy (non-hydrogen) atoms. The lowest BCUT2D eigenvalue weighted by Crippen LogP contribution is -2.27. The summed E-state index contributed by atoms with van der Waals surface area (Å²) in [7, 11) is 0. The summed E-state index contributed by atoms with van der Waals surface area (Å²) in [5.74, 6) is 0.169. The van der Waals surface area contributed by atoms with Gasteiger partial charge in [0.05, 0.1) is 19.3 Å². The maximum atomic E-state index is 9.17. The van der Waals surface area contributed by atoms with Gasteiger partial charge in [-0.3, -0.25) is 0 Å². The third-order valence-corrected chi connectivity index (χ3v) is 1.72. The fourth-order valence-corrected chi connectivity index (χ4v) is 1.000. The molecule has 0 aromatic rings. The van der Waals surface area contributed by atoms with Gasteiger partial charge in [0.15, 0.2) is 0 Å². The lowest BCUT2D eigenvalue weighted by molar-refractivity contribution is 0.00208. The molecule has 0 aromatic carbocycles. The molecule has 1 fully saturated rings. The summed E-state index contributed by atoms with van der Waals surface area (Å²) in [6.45, 7) is 2.39. The van der Waals surface area contributed by atoms with Gasteiger partial charge in [0.25, 0.3) is 0 Å². The van der Waals surface area contributed by atoms with E-state index in [1.54, 1.807) is 0 Å². The van der Waals surface area contributed by atoms with Crippen molar-refractivity contribution in [2.45, 2.75) is 19.1 Å². The average molecular weight is 132 g/mol. The zero-order chi connectivity index (χ0) is 6.85. The summed E-state index contributed by atoms with van der Waals surface area (Å²) in [6.07, 6.45) is -0.824. The van der Waals surface area contributed by atoms with Crippen LogP contribution in [-0.4, -0.2) is 35.6 Å². The standard InChI is InChI=1S/C6H12O3/c1-4-3-9-5(2-7)6(4)8/h4-8H,2-3H2,1H3/t4-,5-,6-/m1/s1. The Bertz CT molecular complexity index is 94.3. The second-order valence-electron chi connectivity index (χ2n) is 2.52. The lowest BCUT2D eigenvalue weighted by atomic mass is 10.1. The Kier molecular flexibility index (Phi) is 2.05. The van der Waals surface area contributed by atoms with Gasteiger partial charge in [0.1, 0.15) is 6.10 Å². The largest absolute Gasteiger partial charge is 0.394 e. The molecule has 3 atom stereocenters. The van der Waals surface area contributed by atoms with Crippen molar-refractivity contribution < 1.29 is 14.9 Å². The molecule has 0 aliphatic carbocycles. The summed E-state index contributed by atoms with van der Waals surface area (Å²) < 4.78 is 5.03. The molecule has 0 aromatic heterocycles. The number of hydrogen-bond donors (Lipinski definition) is 2. The van der Waals surface area contributed by atoms with Crippen LogP contribution < -0.4 is 0 Å². The van der Waals surface area contributed by atoms with Gasteiger partial charge in [-0.1, -0.05) is 6.92 Å². The SMILES string of the molecule is C[C@@H]1CO[C@H](CO)[C@@H]1O. The first-order valence-corrected chi connectivity index (χ1v) is 3.16. The number of hydrogen-bond acceptors (Lipinski definition) is 3. The molecule has 1 heterocycles. The van der Waals surface area contributed by atoms with Crippen molar-refractivity contribution in [3.05, 3.63) is 0 Å². The highest BCUT2D eigenvalue weighted by Gasteiger charge is 2.31. The number of rotatable bonds is 1. The first kappa shape index (κ1) is 6.99. The minimum atomic E-state index is -0.477. The van der Waals surface area contributed by atoms with Gasteiger partial charge in [-0.05, 0) is 0 Å². The molecular weight excluding hydrogens is 120 g/mol. The minimum absolute atomic E-state index is 0.0779. The third-order valence-electron chi connectivity index (χ3n) is 1.72. The van der Waals surface area contributed by atoms with Crippen LogP contribution in [0.1, 0.15) is 6.92 Å². The zero-order valence-corrected chi connectivity index (χ0v) is 5.45. The van der Waals surface area contributed by atoms with Gasteiger partial charge in [-0.25, -0.2) is 0 Å². The molecule has 1 aliphatic heterocycles. The van der Waals surface area contributed by atoms with Crippen molar-refractivity contribution in [3.8, 4) is 0 Å². The van der Waals surface area contributed by atoms with Crippen molar-refractivity contribution in [3.63, 3.8) is 0 Å². The predicted octanol–water partition coefficient (Wildman–Crippen LogP) is -0.626. The smallest absolute Gasteiger partial charge is 0.107 e. The van der Waals surface area contributed by atoms with Crippen LogP contribution in [0.3, 0.4) is 0 Å². The van der Waals surface area contributed by atoms with E-state index in [0.29, 0.717) is 6.61 Å². The lowest BCUT2D eigenvalue weighted by Gasteiger charge is -2.10. The topological polar surface area (TPSA) is 49.7 Å².